The number of rotatable bonds is 13. The van der Waals surface area contributed by atoms with Gasteiger partial charge >= 0.3 is 5.97 Å². The first-order valence-corrected chi connectivity index (χ1v) is 13.3. The number of unbranched alkanes of at least 4 members (excludes halogenated alkanes) is 1. The lowest BCUT2D eigenvalue weighted by Gasteiger charge is -2.32. The summed E-state index contributed by atoms with van der Waals surface area (Å²) in [5.41, 5.74) is -1.34. The Hall–Kier alpha value is -2.03. The molecule has 0 aromatic heterocycles. The fourth-order valence-corrected chi connectivity index (χ4v) is 5.93. The molecule has 0 amide bonds. The first-order valence-electron chi connectivity index (χ1n) is 10.7. The van der Waals surface area contributed by atoms with Crippen LogP contribution in [-0.4, -0.2) is 47.3 Å². The molecule has 0 saturated carbocycles. The van der Waals surface area contributed by atoms with E-state index in [0.717, 1.165) is 18.4 Å². The molecule has 8 heteroatoms. The van der Waals surface area contributed by atoms with Crippen molar-refractivity contribution >= 4 is 27.6 Å². The van der Waals surface area contributed by atoms with Gasteiger partial charge in [0.15, 0.2) is 15.4 Å². The van der Waals surface area contributed by atoms with Crippen molar-refractivity contribution in [2.75, 3.05) is 6.61 Å². The van der Waals surface area contributed by atoms with E-state index in [9.17, 15) is 23.4 Å². The van der Waals surface area contributed by atoms with E-state index < -0.39 is 26.7 Å². The first kappa shape index (κ1) is 26.2. The van der Waals surface area contributed by atoms with E-state index in [1.54, 1.807) is 19.1 Å². The number of ether oxygens (including phenoxy) is 1. The standard InChI is InChI=1S/C24H32O6S2/c1-4-5-15-30-21-11-13-22(14-12-21)32(28,29)19(3)24(27,23(25)26)16-18(2)31-17-20-9-7-6-8-10-20/h6-14,18-19,27H,4-5,15-17H2,1-3H3,(H,25,26). The Morgan fingerprint density at radius 1 is 1.09 bits per heavy atom. The molecular weight excluding hydrogens is 448 g/mol. The molecule has 3 atom stereocenters. The van der Waals surface area contributed by atoms with Crippen molar-refractivity contribution in [3.63, 3.8) is 0 Å². The van der Waals surface area contributed by atoms with Crippen molar-refractivity contribution in [1.82, 2.24) is 0 Å². The molecule has 3 unspecified atom stereocenters. The highest BCUT2D eigenvalue weighted by Gasteiger charge is 2.49. The maximum Gasteiger partial charge on any atom is 0.337 e. The van der Waals surface area contributed by atoms with Gasteiger partial charge in [-0.3, -0.25) is 0 Å². The number of hydrogen-bond donors (Lipinski definition) is 2. The molecule has 0 heterocycles. The number of aliphatic carboxylic acids is 1. The maximum absolute atomic E-state index is 13.1. The van der Waals surface area contributed by atoms with E-state index in [1.807, 2.05) is 37.3 Å². The number of carboxylic acids is 1. The number of benzene rings is 2. The van der Waals surface area contributed by atoms with Gasteiger partial charge in [-0.25, -0.2) is 13.2 Å². The zero-order chi connectivity index (χ0) is 23.8. The van der Waals surface area contributed by atoms with E-state index in [1.165, 1.54) is 30.8 Å². The third-order valence-corrected chi connectivity index (χ3v) is 8.89. The Morgan fingerprint density at radius 3 is 2.28 bits per heavy atom. The lowest BCUT2D eigenvalue weighted by Crippen LogP contribution is -2.53. The fraction of sp³-hybridized carbons (Fsp3) is 0.458. The number of carbonyl (C=O) groups is 1. The van der Waals surface area contributed by atoms with Crippen LogP contribution < -0.4 is 4.74 Å². The molecule has 2 aromatic carbocycles. The molecule has 0 bridgehead atoms. The molecule has 0 saturated heterocycles. The summed E-state index contributed by atoms with van der Waals surface area (Å²) in [4.78, 5) is 12.0. The molecule has 0 spiro atoms. The average molecular weight is 481 g/mol. The highest BCUT2D eigenvalue weighted by molar-refractivity contribution is 7.99. The van der Waals surface area contributed by atoms with Crippen LogP contribution in [0, 0.1) is 0 Å². The van der Waals surface area contributed by atoms with Crippen LogP contribution in [-0.2, 0) is 20.4 Å². The maximum atomic E-state index is 13.1. The minimum Gasteiger partial charge on any atom is -0.494 e. The second-order valence-electron chi connectivity index (χ2n) is 7.90. The van der Waals surface area contributed by atoms with Crippen molar-refractivity contribution in [3.8, 4) is 5.75 Å². The largest absolute Gasteiger partial charge is 0.494 e. The summed E-state index contributed by atoms with van der Waals surface area (Å²) < 4.78 is 31.8. The quantitative estimate of drug-likeness (QED) is 0.405. The zero-order valence-corrected chi connectivity index (χ0v) is 20.4. The minimum absolute atomic E-state index is 0.0443. The van der Waals surface area contributed by atoms with Crippen molar-refractivity contribution < 1.29 is 28.2 Å². The lowest BCUT2D eigenvalue weighted by atomic mass is 9.94. The topological polar surface area (TPSA) is 101 Å². The first-order chi connectivity index (χ1) is 15.1. The van der Waals surface area contributed by atoms with Crippen LogP contribution in [0.25, 0.3) is 0 Å². The third kappa shape index (κ3) is 6.73. The molecule has 176 valence electrons. The molecule has 0 radical (unpaired) electrons. The Kier molecular flexibility index (Phi) is 9.61. The van der Waals surface area contributed by atoms with Gasteiger partial charge in [-0.2, -0.15) is 11.8 Å². The molecular formula is C24H32O6S2. The number of sulfone groups is 1. The van der Waals surface area contributed by atoms with Crippen LogP contribution in [0.2, 0.25) is 0 Å². The molecule has 0 aliphatic heterocycles. The number of carboxylic acid groups (broad SMARTS) is 1. The van der Waals surface area contributed by atoms with Crippen molar-refractivity contribution in [2.45, 2.75) is 66.8 Å². The van der Waals surface area contributed by atoms with E-state index in [2.05, 4.69) is 0 Å². The van der Waals surface area contributed by atoms with Gasteiger partial charge in [0.2, 0.25) is 0 Å². The van der Waals surface area contributed by atoms with E-state index in [0.29, 0.717) is 18.1 Å². The fourth-order valence-electron chi connectivity index (χ4n) is 3.26. The van der Waals surface area contributed by atoms with Gasteiger partial charge in [-0.05, 0) is 49.6 Å². The Balaban J connectivity index is 2.13. The number of thioether (sulfide) groups is 1. The minimum atomic E-state index is -4.09. The predicted molar refractivity (Wildman–Crippen MR) is 128 cm³/mol. The predicted octanol–water partition coefficient (Wildman–Crippen LogP) is 4.56. The monoisotopic (exact) mass is 480 g/mol. The van der Waals surface area contributed by atoms with Crippen molar-refractivity contribution in [2.24, 2.45) is 0 Å². The van der Waals surface area contributed by atoms with E-state index >= 15 is 0 Å². The van der Waals surface area contributed by atoms with Gasteiger partial charge in [0.1, 0.15) is 11.0 Å². The van der Waals surface area contributed by atoms with Gasteiger partial charge in [0, 0.05) is 11.0 Å². The van der Waals surface area contributed by atoms with Crippen LogP contribution >= 0.6 is 11.8 Å². The van der Waals surface area contributed by atoms with Crippen LogP contribution in [0.3, 0.4) is 0 Å². The molecule has 0 fully saturated rings. The second-order valence-corrected chi connectivity index (χ2v) is 11.6. The van der Waals surface area contributed by atoms with Crippen LogP contribution in [0.1, 0.15) is 45.6 Å². The Labute approximate surface area is 194 Å². The van der Waals surface area contributed by atoms with Crippen LogP contribution in [0.15, 0.2) is 59.5 Å². The smallest absolute Gasteiger partial charge is 0.337 e. The highest BCUT2D eigenvalue weighted by Crippen LogP contribution is 2.33. The highest BCUT2D eigenvalue weighted by atomic mass is 32.2. The van der Waals surface area contributed by atoms with Crippen molar-refractivity contribution in [3.05, 3.63) is 60.2 Å². The summed E-state index contributed by atoms with van der Waals surface area (Å²) in [6, 6.07) is 15.6. The molecule has 32 heavy (non-hydrogen) atoms. The molecule has 6 nitrogen and oxygen atoms in total. The summed E-state index contributed by atoms with van der Waals surface area (Å²) in [6.07, 6.45) is 1.68. The summed E-state index contributed by atoms with van der Waals surface area (Å²) >= 11 is 1.47. The van der Waals surface area contributed by atoms with Crippen LogP contribution in [0.4, 0.5) is 0 Å². The lowest BCUT2D eigenvalue weighted by molar-refractivity contribution is -0.159. The third-order valence-electron chi connectivity index (χ3n) is 5.40. The van der Waals surface area contributed by atoms with Gasteiger partial charge in [0.25, 0.3) is 0 Å². The van der Waals surface area contributed by atoms with Crippen molar-refractivity contribution in [1.29, 1.82) is 0 Å². The Morgan fingerprint density at radius 2 is 1.72 bits per heavy atom. The molecule has 2 rings (SSSR count). The number of hydrogen-bond acceptors (Lipinski definition) is 6. The summed E-state index contributed by atoms with van der Waals surface area (Å²) in [5.74, 6) is -0.358. The second kappa shape index (κ2) is 11.7. The molecule has 0 aliphatic rings. The van der Waals surface area contributed by atoms with Gasteiger partial charge in [0.05, 0.1) is 11.5 Å². The SMILES string of the molecule is CCCCOc1ccc(S(=O)(=O)C(C)C(O)(CC(C)SCc2ccccc2)C(=O)O)cc1. The Bertz CT molecular complexity index is 960. The summed E-state index contributed by atoms with van der Waals surface area (Å²) in [5, 5.41) is 19.0. The molecule has 2 aromatic rings. The average Bonchev–Trinajstić information content (AvgIpc) is 2.78. The molecule has 0 aliphatic carbocycles. The normalized spacial score (nSPS) is 15.5. The van der Waals surface area contributed by atoms with E-state index in [-0.39, 0.29) is 16.6 Å². The van der Waals surface area contributed by atoms with Gasteiger partial charge < -0.3 is 14.9 Å². The number of aliphatic hydroxyl groups is 1. The summed E-state index contributed by atoms with van der Waals surface area (Å²) in [6.45, 7) is 5.63. The van der Waals surface area contributed by atoms with Gasteiger partial charge in [-0.15, -0.1) is 0 Å². The van der Waals surface area contributed by atoms with E-state index in [4.69, 9.17) is 4.74 Å². The summed E-state index contributed by atoms with van der Waals surface area (Å²) in [7, 11) is -4.09. The van der Waals surface area contributed by atoms with Gasteiger partial charge in [-0.1, -0.05) is 50.6 Å². The zero-order valence-electron chi connectivity index (χ0n) is 18.7. The van der Waals surface area contributed by atoms with Crippen LogP contribution in [0.5, 0.6) is 5.75 Å². The molecule has 2 N–H and O–H groups in total.